The first-order valence-corrected chi connectivity index (χ1v) is 10.9. The number of halogens is 1. The van der Waals surface area contributed by atoms with Gasteiger partial charge in [-0.15, -0.1) is 0 Å². The SMILES string of the molecule is CCC(C)C(NC(=O)c1ccccc1)C(=O)NCC1(c2cccc(F)c2)CCOCC1. The van der Waals surface area contributed by atoms with Gasteiger partial charge in [0.2, 0.25) is 5.91 Å². The van der Waals surface area contributed by atoms with Crippen LogP contribution in [0.1, 0.15) is 49.0 Å². The Kier molecular flexibility index (Phi) is 7.80. The molecule has 2 atom stereocenters. The van der Waals surface area contributed by atoms with Crippen LogP contribution in [0.15, 0.2) is 54.6 Å². The van der Waals surface area contributed by atoms with Crippen LogP contribution in [0.2, 0.25) is 0 Å². The Labute approximate surface area is 183 Å². The van der Waals surface area contributed by atoms with Gasteiger partial charge < -0.3 is 15.4 Å². The van der Waals surface area contributed by atoms with Crippen LogP contribution in [0.5, 0.6) is 0 Å². The molecule has 2 unspecified atom stereocenters. The van der Waals surface area contributed by atoms with Gasteiger partial charge in [0.1, 0.15) is 11.9 Å². The van der Waals surface area contributed by atoms with E-state index in [9.17, 15) is 14.0 Å². The van der Waals surface area contributed by atoms with E-state index in [1.165, 1.54) is 6.07 Å². The fourth-order valence-corrected chi connectivity index (χ4v) is 4.03. The number of hydrogen-bond donors (Lipinski definition) is 2. The van der Waals surface area contributed by atoms with Crippen LogP contribution < -0.4 is 10.6 Å². The van der Waals surface area contributed by atoms with Crippen LogP contribution in [0.4, 0.5) is 4.39 Å². The van der Waals surface area contributed by atoms with Crippen molar-refractivity contribution in [2.45, 2.75) is 44.6 Å². The van der Waals surface area contributed by atoms with Crippen molar-refractivity contribution in [3.8, 4) is 0 Å². The van der Waals surface area contributed by atoms with E-state index in [1.54, 1.807) is 36.4 Å². The molecule has 2 amide bonds. The summed E-state index contributed by atoms with van der Waals surface area (Å²) in [6, 6.07) is 14.8. The van der Waals surface area contributed by atoms with E-state index in [0.29, 0.717) is 38.2 Å². The third kappa shape index (κ3) is 5.70. The van der Waals surface area contributed by atoms with E-state index in [4.69, 9.17) is 4.74 Å². The van der Waals surface area contributed by atoms with Gasteiger partial charge in [-0.1, -0.05) is 50.6 Å². The molecule has 6 heteroatoms. The molecule has 1 aliphatic heterocycles. The van der Waals surface area contributed by atoms with Gasteiger partial charge in [-0.05, 0) is 48.6 Å². The van der Waals surface area contributed by atoms with Crippen molar-refractivity contribution in [1.29, 1.82) is 0 Å². The highest BCUT2D eigenvalue weighted by Crippen LogP contribution is 2.34. The Balaban J connectivity index is 1.74. The Morgan fingerprint density at radius 3 is 2.45 bits per heavy atom. The van der Waals surface area contributed by atoms with Crippen molar-refractivity contribution in [1.82, 2.24) is 10.6 Å². The summed E-state index contributed by atoms with van der Waals surface area (Å²) < 4.78 is 19.4. The smallest absolute Gasteiger partial charge is 0.251 e. The van der Waals surface area contributed by atoms with Crippen molar-refractivity contribution in [2.24, 2.45) is 5.92 Å². The van der Waals surface area contributed by atoms with E-state index in [-0.39, 0.29) is 29.0 Å². The van der Waals surface area contributed by atoms with E-state index >= 15 is 0 Å². The molecule has 0 radical (unpaired) electrons. The number of nitrogens with one attached hydrogen (secondary N) is 2. The lowest BCUT2D eigenvalue weighted by atomic mass is 9.74. The monoisotopic (exact) mass is 426 g/mol. The zero-order valence-electron chi connectivity index (χ0n) is 18.2. The molecular weight excluding hydrogens is 395 g/mol. The summed E-state index contributed by atoms with van der Waals surface area (Å²) in [4.78, 5) is 25.8. The minimum Gasteiger partial charge on any atom is -0.381 e. The van der Waals surface area contributed by atoms with Crippen LogP contribution in [-0.2, 0) is 14.9 Å². The van der Waals surface area contributed by atoms with Crippen molar-refractivity contribution >= 4 is 11.8 Å². The van der Waals surface area contributed by atoms with Gasteiger partial charge in [0.15, 0.2) is 0 Å². The lowest BCUT2D eigenvalue weighted by molar-refractivity contribution is -0.124. The van der Waals surface area contributed by atoms with Crippen LogP contribution in [-0.4, -0.2) is 37.6 Å². The highest BCUT2D eigenvalue weighted by molar-refractivity contribution is 5.97. The van der Waals surface area contributed by atoms with Crippen LogP contribution in [0.25, 0.3) is 0 Å². The second-order valence-corrected chi connectivity index (χ2v) is 8.32. The maximum absolute atomic E-state index is 13.9. The molecule has 2 N–H and O–H groups in total. The standard InChI is InChI=1S/C25H31FN2O3/c1-3-18(2)22(28-23(29)19-8-5-4-6-9-19)24(30)27-17-25(12-14-31-15-13-25)20-10-7-11-21(26)16-20/h4-11,16,18,22H,3,12-15,17H2,1-2H3,(H,27,30)(H,28,29). The summed E-state index contributed by atoms with van der Waals surface area (Å²) in [7, 11) is 0. The Morgan fingerprint density at radius 2 is 1.81 bits per heavy atom. The molecule has 1 heterocycles. The topological polar surface area (TPSA) is 67.4 Å². The maximum Gasteiger partial charge on any atom is 0.251 e. The van der Waals surface area contributed by atoms with Gasteiger partial charge in [-0.3, -0.25) is 9.59 Å². The number of carbonyl (C=O) groups excluding carboxylic acids is 2. The molecule has 166 valence electrons. The predicted molar refractivity (Wildman–Crippen MR) is 118 cm³/mol. The number of rotatable bonds is 8. The van der Waals surface area contributed by atoms with E-state index in [2.05, 4.69) is 10.6 Å². The first-order chi connectivity index (χ1) is 14.9. The molecule has 0 aromatic heterocycles. The molecule has 0 saturated carbocycles. The lowest BCUT2D eigenvalue weighted by Gasteiger charge is -2.38. The number of hydrogen-bond acceptors (Lipinski definition) is 3. The molecular formula is C25H31FN2O3. The normalized spacial score (nSPS) is 17.4. The first-order valence-electron chi connectivity index (χ1n) is 10.9. The summed E-state index contributed by atoms with van der Waals surface area (Å²) >= 11 is 0. The summed E-state index contributed by atoms with van der Waals surface area (Å²) in [5, 5.41) is 5.95. The van der Waals surface area contributed by atoms with Gasteiger partial charge in [-0.2, -0.15) is 0 Å². The number of carbonyl (C=O) groups is 2. The zero-order valence-corrected chi connectivity index (χ0v) is 18.2. The van der Waals surface area contributed by atoms with Crippen molar-refractivity contribution in [3.63, 3.8) is 0 Å². The molecule has 5 nitrogen and oxygen atoms in total. The fourth-order valence-electron chi connectivity index (χ4n) is 4.03. The Bertz CT molecular complexity index is 881. The van der Waals surface area contributed by atoms with Gasteiger partial charge in [-0.25, -0.2) is 4.39 Å². The molecule has 0 spiro atoms. The zero-order chi connectivity index (χ0) is 22.3. The van der Waals surface area contributed by atoms with Crippen molar-refractivity contribution < 1.29 is 18.7 Å². The summed E-state index contributed by atoms with van der Waals surface area (Å²) in [5.74, 6) is -0.817. The van der Waals surface area contributed by atoms with E-state index in [0.717, 1.165) is 12.0 Å². The summed E-state index contributed by atoms with van der Waals surface area (Å²) in [6.07, 6.45) is 2.14. The second-order valence-electron chi connectivity index (χ2n) is 8.32. The molecule has 0 bridgehead atoms. The van der Waals surface area contributed by atoms with E-state index < -0.39 is 6.04 Å². The molecule has 3 rings (SSSR count). The Hall–Kier alpha value is -2.73. The fraction of sp³-hybridized carbons (Fsp3) is 0.440. The largest absolute Gasteiger partial charge is 0.381 e. The predicted octanol–water partition coefficient (Wildman–Crippen LogP) is 3.83. The summed E-state index contributed by atoms with van der Waals surface area (Å²) in [6.45, 7) is 5.43. The van der Waals surface area contributed by atoms with Gasteiger partial charge in [0, 0.05) is 30.7 Å². The first kappa shape index (κ1) is 22.9. The van der Waals surface area contributed by atoms with Gasteiger partial charge >= 0.3 is 0 Å². The third-order valence-corrected chi connectivity index (χ3v) is 6.31. The summed E-state index contributed by atoms with van der Waals surface area (Å²) in [5.41, 5.74) is 0.994. The van der Waals surface area contributed by atoms with Gasteiger partial charge in [0.25, 0.3) is 5.91 Å². The maximum atomic E-state index is 13.9. The lowest BCUT2D eigenvalue weighted by Crippen LogP contribution is -2.53. The van der Waals surface area contributed by atoms with Crippen LogP contribution in [0, 0.1) is 11.7 Å². The van der Waals surface area contributed by atoms with Gasteiger partial charge in [0.05, 0.1) is 0 Å². The number of amides is 2. The molecule has 1 saturated heterocycles. The Morgan fingerprint density at radius 1 is 1.10 bits per heavy atom. The quantitative estimate of drug-likeness (QED) is 0.674. The molecule has 31 heavy (non-hydrogen) atoms. The number of ether oxygens (including phenoxy) is 1. The number of benzene rings is 2. The molecule has 1 fully saturated rings. The minimum absolute atomic E-state index is 0.0347. The third-order valence-electron chi connectivity index (χ3n) is 6.31. The average Bonchev–Trinajstić information content (AvgIpc) is 2.81. The molecule has 2 aromatic carbocycles. The minimum atomic E-state index is -0.651. The molecule has 2 aromatic rings. The van der Waals surface area contributed by atoms with E-state index in [1.807, 2.05) is 26.0 Å². The molecule has 1 aliphatic rings. The highest BCUT2D eigenvalue weighted by Gasteiger charge is 2.36. The second kappa shape index (κ2) is 10.5. The molecule has 0 aliphatic carbocycles. The van der Waals surface area contributed by atoms with Crippen LogP contribution >= 0.6 is 0 Å². The van der Waals surface area contributed by atoms with Crippen molar-refractivity contribution in [3.05, 3.63) is 71.5 Å². The van der Waals surface area contributed by atoms with Crippen molar-refractivity contribution in [2.75, 3.05) is 19.8 Å². The highest BCUT2D eigenvalue weighted by atomic mass is 19.1. The average molecular weight is 427 g/mol. The van der Waals surface area contributed by atoms with Crippen LogP contribution in [0.3, 0.4) is 0 Å².